The van der Waals surface area contributed by atoms with Gasteiger partial charge in [0.1, 0.15) is 5.15 Å². The Hall–Kier alpha value is -2.34. The lowest BCUT2D eigenvalue weighted by Gasteiger charge is -2.14. The van der Waals surface area contributed by atoms with Crippen molar-refractivity contribution in [2.45, 2.75) is 13.0 Å². The Morgan fingerprint density at radius 1 is 1.04 bits per heavy atom. The van der Waals surface area contributed by atoms with E-state index >= 15 is 0 Å². The molecule has 0 spiro atoms. The molecule has 0 fully saturated rings. The third-order valence-corrected chi connectivity index (χ3v) is 4.51. The Bertz CT molecular complexity index is 1040. The standard InChI is InChI=1S/C19H13Cl3N2O3/c1-10(18(25)24-16-9-13(20)4-5-14(16)21)27-19(26)12-2-6-15-11(8-12)3-7-17(22)23-15/h2-10H,1H3,(H,24,25). The van der Waals surface area contributed by atoms with E-state index in [1.807, 2.05) is 0 Å². The Labute approximate surface area is 170 Å². The van der Waals surface area contributed by atoms with Gasteiger partial charge in [0.25, 0.3) is 5.91 Å². The van der Waals surface area contributed by atoms with Crippen LogP contribution in [0.25, 0.3) is 10.9 Å². The summed E-state index contributed by atoms with van der Waals surface area (Å²) in [6, 6.07) is 12.9. The maximum Gasteiger partial charge on any atom is 0.338 e. The molecule has 0 aliphatic rings. The number of nitrogens with zero attached hydrogens (tertiary/aromatic N) is 1. The van der Waals surface area contributed by atoms with Gasteiger partial charge in [-0.3, -0.25) is 4.79 Å². The van der Waals surface area contributed by atoms with Crippen molar-refractivity contribution < 1.29 is 14.3 Å². The summed E-state index contributed by atoms with van der Waals surface area (Å²) in [7, 11) is 0. The van der Waals surface area contributed by atoms with Gasteiger partial charge in [-0.1, -0.05) is 34.8 Å². The van der Waals surface area contributed by atoms with Crippen LogP contribution < -0.4 is 5.32 Å². The fourth-order valence-electron chi connectivity index (χ4n) is 2.34. The number of fused-ring (bicyclic) bond motifs is 1. The minimum atomic E-state index is -1.04. The van der Waals surface area contributed by atoms with E-state index in [9.17, 15) is 9.59 Å². The minimum Gasteiger partial charge on any atom is -0.449 e. The third kappa shape index (κ3) is 4.69. The second-order valence-corrected chi connectivity index (χ2v) is 6.93. The van der Waals surface area contributed by atoms with Gasteiger partial charge in [0.2, 0.25) is 0 Å². The molecule has 1 aromatic heterocycles. The van der Waals surface area contributed by atoms with Gasteiger partial charge in [0.15, 0.2) is 6.10 Å². The van der Waals surface area contributed by atoms with Crippen LogP contribution in [0.2, 0.25) is 15.2 Å². The van der Waals surface area contributed by atoms with Crippen LogP contribution in [0.15, 0.2) is 48.5 Å². The van der Waals surface area contributed by atoms with Crippen LogP contribution in [0.1, 0.15) is 17.3 Å². The first-order valence-corrected chi connectivity index (χ1v) is 9.00. The third-order valence-electron chi connectivity index (χ3n) is 3.73. The number of carbonyl (C=O) groups is 2. The lowest BCUT2D eigenvalue weighted by molar-refractivity contribution is -0.123. The topological polar surface area (TPSA) is 68.3 Å². The van der Waals surface area contributed by atoms with E-state index in [-0.39, 0.29) is 0 Å². The second-order valence-electron chi connectivity index (χ2n) is 5.70. The van der Waals surface area contributed by atoms with Gasteiger partial charge in [-0.25, -0.2) is 9.78 Å². The zero-order chi connectivity index (χ0) is 19.6. The highest BCUT2D eigenvalue weighted by molar-refractivity contribution is 6.35. The van der Waals surface area contributed by atoms with Crippen molar-refractivity contribution in [3.05, 3.63) is 69.3 Å². The summed E-state index contributed by atoms with van der Waals surface area (Å²) in [6.07, 6.45) is -1.04. The second kappa shape index (κ2) is 8.13. The Morgan fingerprint density at radius 3 is 2.59 bits per heavy atom. The van der Waals surface area contributed by atoms with Crippen molar-refractivity contribution in [3.63, 3.8) is 0 Å². The predicted octanol–water partition coefficient (Wildman–Crippen LogP) is 5.38. The van der Waals surface area contributed by atoms with Gasteiger partial charge < -0.3 is 10.1 Å². The zero-order valence-corrected chi connectivity index (χ0v) is 16.3. The number of hydrogen-bond acceptors (Lipinski definition) is 4. The Kier molecular flexibility index (Phi) is 5.85. The van der Waals surface area contributed by atoms with Crippen LogP contribution >= 0.6 is 34.8 Å². The Morgan fingerprint density at radius 2 is 1.81 bits per heavy atom. The van der Waals surface area contributed by atoms with Crippen molar-refractivity contribution >= 4 is 63.3 Å². The highest BCUT2D eigenvalue weighted by Gasteiger charge is 2.20. The molecule has 27 heavy (non-hydrogen) atoms. The number of aromatic nitrogens is 1. The molecule has 0 bridgehead atoms. The van der Waals surface area contributed by atoms with Gasteiger partial charge >= 0.3 is 5.97 Å². The van der Waals surface area contributed by atoms with Gasteiger partial charge in [0, 0.05) is 10.4 Å². The lowest BCUT2D eigenvalue weighted by atomic mass is 10.1. The number of anilines is 1. The first-order chi connectivity index (χ1) is 12.8. The molecule has 0 aliphatic heterocycles. The molecule has 1 unspecified atom stereocenters. The number of hydrogen-bond donors (Lipinski definition) is 1. The van der Waals surface area contributed by atoms with E-state index in [0.717, 1.165) is 5.39 Å². The molecule has 1 N–H and O–H groups in total. The molecule has 5 nitrogen and oxygen atoms in total. The summed E-state index contributed by atoms with van der Waals surface area (Å²) in [5.74, 6) is -1.16. The number of pyridine rings is 1. The molecule has 138 valence electrons. The van der Waals surface area contributed by atoms with Crippen LogP contribution in [0.4, 0.5) is 5.69 Å². The first kappa shape index (κ1) is 19.4. The summed E-state index contributed by atoms with van der Waals surface area (Å²) >= 11 is 17.8. The summed E-state index contributed by atoms with van der Waals surface area (Å²) in [6.45, 7) is 1.47. The Balaban J connectivity index is 1.70. The number of esters is 1. The smallest absolute Gasteiger partial charge is 0.338 e. The molecule has 3 rings (SSSR count). The quantitative estimate of drug-likeness (QED) is 0.452. The minimum absolute atomic E-state index is 0.298. The largest absolute Gasteiger partial charge is 0.449 e. The van der Waals surface area contributed by atoms with Gasteiger partial charge in [-0.05, 0) is 55.5 Å². The zero-order valence-electron chi connectivity index (χ0n) is 14.0. The van der Waals surface area contributed by atoms with Crippen molar-refractivity contribution in [2.24, 2.45) is 0 Å². The summed E-state index contributed by atoms with van der Waals surface area (Å²) in [5.41, 5.74) is 1.29. The molecule has 0 saturated carbocycles. The van der Waals surface area contributed by atoms with E-state index in [1.165, 1.54) is 13.0 Å². The fraction of sp³-hybridized carbons (Fsp3) is 0.105. The summed E-state index contributed by atoms with van der Waals surface area (Å²) in [5, 5.41) is 4.43. The van der Waals surface area contributed by atoms with Crippen molar-refractivity contribution in [2.75, 3.05) is 5.32 Å². The number of ether oxygens (including phenoxy) is 1. The normalized spacial score (nSPS) is 11.9. The van der Waals surface area contributed by atoms with Crippen molar-refractivity contribution in [1.29, 1.82) is 0 Å². The molecule has 8 heteroatoms. The van der Waals surface area contributed by atoms with E-state index in [0.29, 0.717) is 32.0 Å². The summed E-state index contributed by atoms with van der Waals surface area (Å²) < 4.78 is 5.24. The lowest BCUT2D eigenvalue weighted by Crippen LogP contribution is -2.30. The number of nitrogens with one attached hydrogen (secondary N) is 1. The van der Waals surface area contributed by atoms with Crippen LogP contribution in [-0.2, 0) is 9.53 Å². The van der Waals surface area contributed by atoms with Crippen LogP contribution in [0, 0.1) is 0 Å². The highest BCUT2D eigenvalue weighted by Crippen LogP contribution is 2.25. The van der Waals surface area contributed by atoms with E-state index in [2.05, 4.69) is 10.3 Å². The fourth-order valence-corrected chi connectivity index (χ4v) is 2.83. The maximum absolute atomic E-state index is 12.3. The highest BCUT2D eigenvalue weighted by atomic mass is 35.5. The average Bonchev–Trinajstić information content (AvgIpc) is 2.64. The van der Waals surface area contributed by atoms with Gasteiger partial charge in [-0.15, -0.1) is 0 Å². The molecule has 1 amide bonds. The molecule has 1 atom stereocenters. The maximum atomic E-state index is 12.3. The van der Waals surface area contributed by atoms with Crippen molar-refractivity contribution in [3.8, 4) is 0 Å². The van der Waals surface area contributed by atoms with Crippen molar-refractivity contribution in [1.82, 2.24) is 4.98 Å². The van der Waals surface area contributed by atoms with Crippen LogP contribution in [0.3, 0.4) is 0 Å². The first-order valence-electron chi connectivity index (χ1n) is 7.87. The molecule has 0 saturated heterocycles. The molecular weight excluding hydrogens is 411 g/mol. The number of carbonyl (C=O) groups excluding carboxylic acids is 2. The van der Waals surface area contributed by atoms with Crippen LogP contribution in [-0.4, -0.2) is 23.0 Å². The molecule has 2 aromatic carbocycles. The predicted molar refractivity (Wildman–Crippen MR) is 107 cm³/mol. The van der Waals surface area contributed by atoms with E-state index in [4.69, 9.17) is 39.5 Å². The summed E-state index contributed by atoms with van der Waals surface area (Å²) in [4.78, 5) is 28.8. The molecular formula is C19H13Cl3N2O3. The molecule has 0 radical (unpaired) electrons. The SMILES string of the molecule is CC(OC(=O)c1ccc2nc(Cl)ccc2c1)C(=O)Nc1cc(Cl)ccc1Cl. The number of halogens is 3. The van der Waals surface area contributed by atoms with E-state index in [1.54, 1.807) is 42.5 Å². The monoisotopic (exact) mass is 422 g/mol. The molecule has 3 aromatic rings. The number of amides is 1. The average molecular weight is 424 g/mol. The molecule has 1 heterocycles. The van der Waals surface area contributed by atoms with E-state index < -0.39 is 18.0 Å². The van der Waals surface area contributed by atoms with Crippen LogP contribution in [0.5, 0.6) is 0 Å². The molecule has 0 aliphatic carbocycles. The number of benzene rings is 2. The number of rotatable bonds is 4. The van der Waals surface area contributed by atoms with Gasteiger partial charge in [0.05, 0.1) is 21.8 Å². The van der Waals surface area contributed by atoms with Gasteiger partial charge in [-0.2, -0.15) is 0 Å².